The zero-order valence-corrected chi connectivity index (χ0v) is 7.69. The molecule has 11 heavy (non-hydrogen) atoms. The molecule has 0 fully saturated rings. The first-order valence-corrected chi connectivity index (χ1v) is 4.35. The van der Waals surface area contributed by atoms with E-state index in [1.54, 1.807) is 0 Å². The minimum absolute atomic E-state index is 0.308. The molecule has 0 aliphatic carbocycles. The highest BCUT2D eigenvalue weighted by atomic mass is 35.5. The zero-order chi connectivity index (χ0) is 8.53. The molecule has 0 bridgehead atoms. The lowest BCUT2D eigenvalue weighted by Crippen LogP contribution is -2.23. The molecule has 0 radical (unpaired) electrons. The average molecular weight is 178 g/mol. The van der Waals surface area contributed by atoms with Crippen LogP contribution in [0.5, 0.6) is 0 Å². The van der Waals surface area contributed by atoms with Crippen molar-refractivity contribution in [3.8, 4) is 0 Å². The maximum atomic E-state index is 5.29. The van der Waals surface area contributed by atoms with Gasteiger partial charge in [-0.05, 0) is 6.42 Å². The number of hydrogen-bond donors (Lipinski definition) is 2. The molecular formula is C7H16ClN3. The maximum absolute atomic E-state index is 5.29. The summed E-state index contributed by atoms with van der Waals surface area (Å²) >= 11 is 5.19. The topological polar surface area (TPSA) is 50.4 Å². The number of nitrogens with two attached hydrogens (primary N) is 1. The summed E-state index contributed by atoms with van der Waals surface area (Å²) in [5.74, 6) is 0.308. The van der Waals surface area contributed by atoms with Crippen LogP contribution in [0.1, 0.15) is 32.6 Å². The van der Waals surface area contributed by atoms with E-state index in [4.69, 9.17) is 17.5 Å². The summed E-state index contributed by atoms with van der Waals surface area (Å²) in [5, 5.41) is 0. The second kappa shape index (κ2) is 7.66. The third-order valence-electron chi connectivity index (χ3n) is 1.39. The Balaban J connectivity index is 3.12. The van der Waals surface area contributed by atoms with Crippen LogP contribution in [0, 0.1) is 0 Å². The molecule has 0 aromatic rings. The standard InChI is InChI=1S/C7H16ClN3/c1-2-3-4-5-6-10-7(9)11-8/h2-6H2,1H3,(H3,9,10,11). The lowest BCUT2D eigenvalue weighted by atomic mass is 10.2. The number of nitrogens with one attached hydrogen (secondary N) is 1. The Morgan fingerprint density at radius 2 is 2.18 bits per heavy atom. The van der Waals surface area contributed by atoms with E-state index in [-0.39, 0.29) is 0 Å². The molecule has 0 aromatic carbocycles. The lowest BCUT2D eigenvalue weighted by Gasteiger charge is -1.96. The Bertz CT molecular complexity index is 114. The lowest BCUT2D eigenvalue weighted by molar-refractivity contribution is 0.674. The van der Waals surface area contributed by atoms with E-state index >= 15 is 0 Å². The van der Waals surface area contributed by atoms with Crippen molar-refractivity contribution in [1.29, 1.82) is 0 Å². The van der Waals surface area contributed by atoms with E-state index in [0.717, 1.165) is 13.0 Å². The smallest absolute Gasteiger partial charge is 0.203 e. The molecule has 0 heterocycles. The maximum Gasteiger partial charge on any atom is 0.203 e. The molecule has 0 aliphatic rings. The molecule has 0 saturated heterocycles. The molecular weight excluding hydrogens is 162 g/mol. The van der Waals surface area contributed by atoms with Gasteiger partial charge in [-0.25, -0.2) is 0 Å². The zero-order valence-electron chi connectivity index (χ0n) is 6.94. The normalized spacial score (nSPS) is 11.6. The predicted molar refractivity (Wildman–Crippen MR) is 49.6 cm³/mol. The highest BCUT2D eigenvalue weighted by molar-refractivity contribution is 6.21. The van der Waals surface area contributed by atoms with Gasteiger partial charge in [0.05, 0.1) is 0 Å². The first kappa shape index (κ1) is 10.6. The number of guanidine groups is 1. The second-order valence-electron chi connectivity index (χ2n) is 2.42. The largest absolute Gasteiger partial charge is 0.369 e. The second-order valence-corrected chi connectivity index (χ2v) is 2.61. The van der Waals surface area contributed by atoms with Gasteiger partial charge in [-0.1, -0.05) is 26.2 Å². The number of nitrogens with zero attached hydrogens (tertiary/aromatic N) is 1. The molecule has 0 atom stereocenters. The van der Waals surface area contributed by atoms with E-state index in [9.17, 15) is 0 Å². The van der Waals surface area contributed by atoms with Crippen molar-refractivity contribution in [2.75, 3.05) is 6.54 Å². The fourth-order valence-corrected chi connectivity index (χ4v) is 0.828. The van der Waals surface area contributed by atoms with E-state index < -0.39 is 0 Å². The van der Waals surface area contributed by atoms with Gasteiger partial charge in [0.25, 0.3) is 0 Å². The van der Waals surface area contributed by atoms with Crippen LogP contribution in [0.3, 0.4) is 0 Å². The Morgan fingerprint density at radius 1 is 1.45 bits per heavy atom. The van der Waals surface area contributed by atoms with Gasteiger partial charge in [-0.2, -0.15) is 0 Å². The first-order chi connectivity index (χ1) is 5.31. The van der Waals surface area contributed by atoms with Crippen LogP contribution in [-0.2, 0) is 0 Å². The number of unbranched alkanes of at least 4 members (excludes halogenated alkanes) is 3. The summed E-state index contributed by atoms with van der Waals surface area (Å²) < 4.78 is 0. The van der Waals surface area contributed by atoms with Gasteiger partial charge in [0.2, 0.25) is 5.96 Å². The molecule has 0 rings (SSSR count). The van der Waals surface area contributed by atoms with Crippen LogP contribution in [0.15, 0.2) is 4.99 Å². The van der Waals surface area contributed by atoms with Gasteiger partial charge in [0.15, 0.2) is 0 Å². The van der Waals surface area contributed by atoms with Gasteiger partial charge < -0.3 is 5.73 Å². The first-order valence-electron chi connectivity index (χ1n) is 3.97. The predicted octanol–water partition coefficient (Wildman–Crippen LogP) is 1.62. The number of rotatable bonds is 5. The molecule has 0 aromatic heterocycles. The van der Waals surface area contributed by atoms with Crippen LogP contribution in [-0.4, -0.2) is 12.5 Å². The highest BCUT2D eigenvalue weighted by Crippen LogP contribution is 1.98. The molecule has 0 unspecified atom stereocenters. The molecule has 0 saturated carbocycles. The summed E-state index contributed by atoms with van der Waals surface area (Å²) in [6.07, 6.45) is 4.82. The van der Waals surface area contributed by atoms with Crippen molar-refractivity contribution in [2.45, 2.75) is 32.6 Å². The van der Waals surface area contributed by atoms with E-state index in [1.165, 1.54) is 19.3 Å². The van der Waals surface area contributed by atoms with Crippen LogP contribution in [0.2, 0.25) is 0 Å². The van der Waals surface area contributed by atoms with Crippen molar-refractivity contribution in [2.24, 2.45) is 10.7 Å². The van der Waals surface area contributed by atoms with Crippen molar-refractivity contribution in [1.82, 2.24) is 4.84 Å². The Morgan fingerprint density at radius 3 is 2.73 bits per heavy atom. The average Bonchev–Trinajstić information content (AvgIpc) is 2.04. The summed E-state index contributed by atoms with van der Waals surface area (Å²) in [5.41, 5.74) is 5.29. The summed E-state index contributed by atoms with van der Waals surface area (Å²) in [6, 6.07) is 0. The quantitative estimate of drug-likeness (QED) is 0.290. The van der Waals surface area contributed by atoms with Gasteiger partial charge in [-0.15, -0.1) is 0 Å². The summed E-state index contributed by atoms with van der Waals surface area (Å²) in [6.45, 7) is 2.95. The van der Waals surface area contributed by atoms with Crippen LogP contribution >= 0.6 is 11.8 Å². The fourth-order valence-electron chi connectivity index (χ4n) is 0.768. The fraction of sp³-hybridized carbons (Fsp3) is 0.857. The van der Waals surface area contributed by atoms with Crippen LogP contribution < -0.4 is 10.6 Å². The van der Waals surface area contributed by atoms with E-state index in [0.29, 0.717) is 5.96 Å². The Labute approximate surface area is 73.1 Å². The molecule has 0 aliphatic heterocycles. The van der Waals surface area contributed by atoms with Gasteiger partial charge in [0, 0.05) is 18.3 Å². The monoisotopic (exact) mass is 177 g/mol. The highest BCUT2D eigenvalue weighted by Gasteiger charge is 1.87. The third-order valence-corrected chi connectivity index (χ3v) is 1.58. The summed E-state index contributed by atoms with van der Waals surface area (Å²) in [7, 11) is 0. The van der Waals surface area contributed by atoms with Gasteiger partial charge >= 0.3 is 0 Å². The van der Waals surface area contributed by atoms with E-state index in [2.05, 4.69) is 16.8 Å². The molecule has 66 valence electrons. The van der Waals surface area contributed by atoms with Crippen LogP contribution in [0.25, 0.3) is 0 Å². The van der Waals surface area contributed by atoms with Crippen molar-refractivity contribution >= 4 is 17.7 Å². The van der Waals surface area contributed by atoms with Crippen LogP contribution in [0.4, 0.5) is 0 Å². The molecule has 0 amide bonds. The van der Waals surface area contributed by atoms with Gasteiger partial charge in [-0.3, -0.25) is 9.83 Å². The van der Waals surface area contributed by atoms with E-state index in [1.807, 2.05) is 0 Å². The number of aliphatic imine (C=N–C) groups is 1. The third kappa shape index (κ3) is 7.46. The Kier molecular flexibility index (Phi) is 7.36. The van der Waals surface area contributed by atoms with Gasteiger partial charge in [0.1, 0.15) is 0 Å². The number of halogens is 1. The molecule has 0 spiro atoms. The van der Waals surface area contributed by atoms with Crippen molar-refractivity contribution in [3.63, 3.8) is 0 Å². The van der Waals surface area contributed by atoms with Crippen molar-refractivity contribution in [3.05, 3.63) is 0 Å². The molecule has 4 heteroatoms. The minimum Gasteiger partial charge on any atom is -0.369 e. The molecule has 3 nitrogen and oxygen atoms in total. The SMILES string of the molecule is CCCCCCN=C(N)NCl. The Hall–Kier alpha value is -0.440. The minimum atomic E-state index is 0.308. The number of hydrogen-bond acceptors (Lipinski definition) is 1. The summed E-state index contributed by atoms with van der Waals surface area (Å²) in [4.78, 5) is 6.22. The molecule has 3 N–H and O–H groups in total. The van der Waals surface area contributed by atoms with Crippen molar-refractivity contribution < 1.29 is 0 Å².